The second-order valence-electron chi connectivity index (χ2n) is 3.97. The molecule has 3 N–H and O–H groups in total. The Bertz CT molecular complexity index is 184. The molecule has 2 atom stereocenters. The van der Waals surface area contributed by atoms with Crippen LogP contribution in [0.2, 0.25) is 0 Å². The summed E-state index contributed by atoms with van der Waals surface area (Å²) in [4.78, 5) is 11.1. The smallest absolute Gasteiger partial charge is 0.314 e. The lowest BCUT2D eigenvalue weighted by Crippen LogP contribution is -2.36. The lowest BCUT2D eigenvalue weighted by molar-refractivity contribution is 0.240. The van der Waals surface area contributed by atoms with Gasteiger partial charge in [-0.05, 0) is 38.3 Å². The van der Waals surface area contributed by atoms with Crippen molar-refractivity contribution in [2.75, 3.05) is 26.2 Å². The normalized spacial score (nSPS) is 26.1. The van der Waals surface area contributed by atoms with Crippen molar-refractivity contribution in [3.8, 4) is 0 Å². The van der Waals surface area contributed by atoms with E-state index in [1.54, 1.807) is 0 Å². The number of hydrogen-bond acceptors (Lipinski definition) is 2. The average Bonchev–Trinajstić information content (AvgIpc) is 2.52. The minimum Gasteiger partial charge on any atom is -0.338 e. The number of nitrogens with one attached hydrogen (secondary N) is 3. The molecule has 0 bridgehead atoms. The molecule has 0 radical (unpaired) electrons. The van der Waals surface area contributed by atoms with Crippen molar-refractivity contribution in [3.05, 3.63) is 0 Å². The van der Waals surface area contributed by atoms with Crippen LogP contribution < -0.4 is 16.0 Å². The van der Waals surface area contributed by atoms with Crippen LogP contribution in [-0.2, 0) is 0 Å². The first kappa shape index (κ1) is 11.3. The number of urea groups is 1. The van der Waals surface area contributed by atoms with Gasteiger partial charge in [-0.1, -0.05) is 6.92 Å². The topological polar surface area (TPSA) is 53.2 Å². The molecule has 4 nitrogen and oxygen atoms in total. The minimum atomic E-state index is -0.0499. The van der Waals surface area contributed by atoms with E-state index in [2.05, 4.69) is 22.9 Å². The Balaban J connectivity index is 2.06. The highest BCUT2D eigenvalue weighted by atomic mass is 16.2. The highest BCUT2D eigenvalue weighted by Gasteiger charge is 2.22. The second kappa shape index (κ2) is 5.86. The summed E-state index contributed by atoms with van der Waals surface area (Å²) in [5.74, 6) is 1.46. The van der Waals surface area contributed by atoms with Crippen LogP contribution in [0.5, 0.6) is 0 Å². The van der Waals surface area contributed by atoms with Crippen molar-refractivity contribution in [2.24, 2.45) is 11.8 Å². The van der Waals surface area contributed by atoms with Crippen molar-refractivity contribution < 1.29 is 4.79 Å². The summed E-state index contributed by atoms with van der Waals surface area (Å²) in [6.45, 7) is 7.86. The molecule has 0 unspecified atom stereocenters. The van der Waals surface area contributed by atoms with Gasteiger partial charge >= 0.3 is 6.03 Å². The van der Waals surface area contributed by atoms with E-state index >= 15 is 0 Å². The minimum absolute atomic E-state index is 0.0499. The number of carbonyl (C=O) groups excluding carboxylic acids is 1. The zero-order chi connectivity index (χ0) is 10.4. The van der Waals surface area contributed by atoms with E-state index in [0.717, 1.165) is 37.9 Å². The Hall–Kier alpha value is -0.770. The predicted octanol–water partition coefficient (Wildman–Crippen LogP) is 0.551. The first-order valence-electron chi connectivity index (χ1n) is 5.46. The van der Waals surface area contributed by atoms with Gasteiger partial charge in [-0.15, -0.1) is 0 Å². The van der Waals surface area contributed by atoms with Crippen LogP contribution in [0.3, 0.4) is 0 Å². The van der Waals surface area contributed by atoms with Crippen LogP contribution in [0.4, 0.5) is 4.79 Å². The Kier molecular flexibility index (Phi) is 4.73. The quantitative estimate of drug-likeness (QED) is 0.619. The molecule has 1 rings (SSSR count). The maximum Gasteiger partial charge on any atom is 0.314 e. The van der Waals surface area contributed by atoms with Crippen LogP contribution in [0, 0.1) is 11.8 Å². The van der Waals surface area contributed by atoms with E-state index in [4.69, 9.17) is 0 Å². The molecule has 0 aliphatic carbocycles. The van der Waals surface area contributed by atoms with E-state index in [1.165, 1.54) is 0 Å². The molecular weight excluding hydrogens is 178 g/mol. The molecule has 0 spiro atoms. The van der Waals surface area contributed by atoms with Gasteiger partial charge in [-0.2, -0.15) is 0 Å². The van der Waals surface area contributed by atoms with E-state index in [-0.39, 0.29) is 6.03 Å². The van der Waals surface area contributed by atoms with Crippen molar-refractivity contribution in [1.29, 1.82) is 0 Å². The highest BCUT2D eigenvalue weighted by Crippen LogP contribution is 2.18. The molecule has 1 aliphatic heterocycles. The fraction of sp³-hybridized carbons (Fsp3) is 0.900. The first-order valence-corrected chi connectivity index (χ1v) is 5.46. The van der Waals surface area contributed by atoms with Gasteiger partial charge in [-0.25, -0.2) is 4.79 Å². The fourth-order valence-corrected chi connectivity index (χ4v) is 1.84. The summed E-state index contributed by atoms with van der Waals surface area (Å²) < 4.78 is 0. The third-order valence-corrected chi connectivity index (χ3v) is 2.82. The Morgan fingerprint density at radius 1 is 1.43 bits per heavy atom. The predicted molar refractivity (Wildman–Crippen MR) is 57.2 cm³/mol. The molecule has 0 aromatic heterocycles. The molecule has 1 heterocycles. The van der Waals surface area contributed by atoms with Crippen LogP contribution in [0.15, 0.2) is 0 Å². The number of rotatable bonds is 4. The standard InChI is InChI=1S/C10H21N3O/c1-3-12-10(14)13-5-4-9-7-11-6-8(9)2/h8-9,11H,3-7H2,1-2H3,(H2,12,13,14)/t8-,9-/m1/s1. The van der Waals surface area contributed by atoms with Gasteiger partial charge in [-0.3, -0.25) is 0 Å². The lowest BCUT2D eigenvalue weighted by atomic mass is 9.95. The largest absolute Gasteiger partial charge is 0.338 e. The van der Waals surface area contributed by atoms with E-state index in [9.17, 15) is 4.79 Å². The maximum absolute atomic E-state index is 11.1. The Morgan fingerprint density at radius 2 is 2.21 bits per heavy atom. The van der Waals surface area contributed by atoms with Gasteiger partial charge in [0.2, 0.25) is 0 Å². The van der Waals surface area contributed by atoms with Gasteiger partial charge in [0.05, 0.1) is 0 Å². The summed E-state index contributed by atoms with van der Waals surface area (Å²) in [5, 5.41) is 8.93. The molecule has 1 fully saturated rings. The summed E-state index contributed by atoms with van der Waals surface area (Å²) >= 11 is 0. The summed E-state index contributed by atoms with van der Waals surface area (Å²) in [7, 11) is 0. The SMILES string of the molecule is CCNC(=O)NCC[C@@H]1CNC[C@H]1C. The van der Waals surface area contributed by atoms with E-state index in [0.29, 0.717) is 6.54 Å². The molecule has 0 aromatic rings. The third-order valence-electron chi connectivity index (χ3n) is 2.82. The first-order chi connectivity index (χ1) is 6.74. The number of hydrogen-bond donors (Lipinski definition) is 3. The van der Waals surface area contributed by atoms with Gasteiger partial charge in [0.15, 0.2) is 0 Å². The third kappa shape index (κ3) is 3.54. The molecule has 4 heteroatoms. The molecule has 1 aliphatic rings. The van der Waals surface area contributed by atoms with Crippen molar-refractivity contribution >= 4 is 6.03 Å². The highest BCUT2D eigenvalue weighted by molar-refractivity contribution is 5.73. The van der Waals surface area contributed by atoms with Crippen LogP contribution in [-0.4, -0.2) is 32.2 Å². The average molecular weight is 199 g/mol. The van der Waals surface area contributed by atoms with Gasteiger partial charge in [0.1, 0.15) is 0 Å². The molecular formula is C10H21N3O. The van der Waals surface area contributed by atoms with Crippen LogP contribution >= 0.6 is 0 Å². The van der Waals surface area contributed by atoms with Crippen molar-refractivity contribution in [2.45, 2.75) is 20.3 Å². The maximum atomic E-state index is 11.1. The lowest BCUT2D eigenvalue weighted by Gasteiger charge is -2.14. The summed E-state index contributed by atoms with van der Waals surface area (Å²) in [6, 6.07) is -0.0499. The molecule has 0 aromatic carbocycles. The number of carbonyl (C=O) groups is 1. The monoisotopic (exact) mass is 199 g/mol. The van der Waals surface area contributed by atoms with Crippen LogP contribution in [0.1, 0.15) is 20.3 Å². The number of amides is 2. The summed E-state index contributed by atoms with van der Waals surface area (Å²) in [6.07, 6.45) is 1.07. The molecule has 2 amide bonds. The Labute approximate surface area is 85.8 Å². The van der Waals surface area contributed by atoms with Gasteiger partial charge in [0, 0.05) is 13.1 Å². The molecule has 0 saturated carbocycles. The van der Waals surface area contributed by atoms with Crippen molar-refractivity contribution in [1.82, 2.24) is 16.0 Å². The van der Waals surface area contributed by atoms with Crippen molar-refractivity contribution in [3.63, 3.8) is 0 Å². The molecule has 82 valence electrons. The van der Waals surface area contributed by atoms with Crippen LogP contribution in [0.25, 0.3) is 0 Å². The summed E-state index contributed by atoms with van der Waals surface area (Å²) in [5.41, 5.74) is 0. The molecule has 14 heavy (non-hydrogen) atoms. The fourth-order valence-electron chi connectivity index (χ4n) is 1.84. The second-order valence-corrected chi connectivity index (χ2v) is 3.97. The van der Waals surface area contributed by atoms with E-state index in [1.807, 2.05) is 6.92 Å². The van der Waals surface area contributed by atoms with Gasteiger partial charge < -0.3 is 16.0 Å². The Morgan fingerprint density at radius 3 is 2.79 bits per heavy atom. The zero-order valence-electron chi connectivity index (χ0n) is 9.10. The zero-order valence-corrected chi connectivity index (χ0v) is 9.10. The van der Waals surface area contributed by atoms with Gasteiger partial charge in [0.25, 0.3) is 0 Å². The van der Waals surface area contributed by atoms with E-state index < -0.39 is 0 Å². The molecule has 1 saturated heterocycles.